The highest BCUT2D eigenvalue weighted by Crippen LogP contribution is 2.20. The number of likely N-dealkylation sites (N-methyl/N-ethyl adjacent to an activating group) is 1. The number of thioether (sulfide) groups is 1. The van der Waals surface area contributed by atoms with Gasteiger partial charge in [-0.2, -0.15) is 11.8 Å². The van der Waals surface area contributed by atoms with Crippen molar-refractivity contribution in [3.05, 3.63) is 0 Å². The van der Waals surface area contributed by atoms with E-state index in [1.165, 1.54) is 12.8 Å². The molecule has 20 heavy (non-hydrogen) atoms. The van der Waals surface area contributed by atoms with Crippen molar-refractivity contribution in [2.24, 2.45) is 0 Å². The van der Waals surface area contributed by atoms with Crippen LogP contribution in [0.15, 0.2) is 0 Å². The van der Waals surface area contributed by atoms with Gasteiger partial charge in [-0.25, -0.2) is 0 Å². The van der Waals surface area contributed by atoms with Crippen LogP contribution in [0.5, 0.6) is 0 Å². The Hall–Kier alpha value is -0.260. The second-order valence-corrected chi connectivity index (χ2v) is 6.55. The zero-order chi connectivity index (χ0) is 14.8. The summed E-state index contributed by atoms with van der Waals surface area (Å²) in [6.45, 7) is 7.95. The third-order valence-corrected chi connectivity index (χ3v) is 4.77. The molecule has 0 aliphatic carbocycles. The fourth-order valence-electron chi connectivity index (χ4n) is 2.46. The SMILES string of the molecule is CCNC(C)(CCCSCC1CCCO1)C(=O)OCC. The predicted octanol–water partition coefficient (Wildman–Crippen LogP) is 2.61. The molecule has 118 valence electrons. The highest BCUT2D eigenvalue weighted by atomic mass is 32.2. The first kappa shape index (κ1) is 17.8. The van der Waals surface area contributed by atoms with Crippen molar-refractivity contribution < 1.29 is 14.3 Å². The summed E-state index contributed by atoms with van der Waals surface area (Å²) in [6, 6.07) is 0. The van der Waals surface area contributed by atoms with Crippen LogP contribution in [0.25, 0.3) is 0 Å². The van der Waals surface area contributed by atoms with Gasteiger partial charge in [-0.15, -0.1) is 0 Å². The third-order valence-electron chi connectivity index (χ3n) is 3.59. The van der Waals surface area contributed by atoms with Crippen LogP contribution in [0, 0.1) is 0 Å². The van der Waals surface area contributed by atoms with Crippen LogP contribution < -0.4 is 5.32 Å². The molecule has 0 saturated carbocycles. The van der Waals surface area contributed by atoms with Crippen molar-refractivity contribution in [2.75, 3.05) is 31.3 Å². The van der Waals surface area contributed by atoms with E-state index in [0.717, 1.165) is 37.5 Å². The summed E-state index contributed by atoms with van der Waals surface area (Å²) in [5.41, 5.74) is -0.546. The van der Waals surface area contributed by atoms with E-state index in [1.807, 2.05) is 32.5 Å². The molecule has 1 N–H and O–H groups in total. The minimum atomic E-state index is -0.546. The second-order valence-electron chi connectivity index (χ2n) is 5.40. The minimum Gasteiger partial charge on any atom is -0.465 e. The Balaban J connectivity index is 2.22. The molecule has 1 rings (SSSR count). The second kappa shape index (κ2) is 9.64. The van der Waals surface area contributed by atoms with Crippen LogP contribution in [0.1, 0.15) is 46.5 Å². The van der Waals surface area contributed by atoms with Crippen molar-refractivity contribution in [1.82, 2.24) is 5.32 Å². The summed E-state index contributed by atoms with van der Waals surface area (Å²) in [5.74, 6) is 2.02. The number of carbonyl (C=O) groups is 1. The van der Waals surface area contributed by atoms with E-state index in [0.29, 0.717) is 12.7 Å². The van der Waals surface area contributed by atoms with Gasteiger partial charge in [0.25, 0.3) is 0 Å². The summed E-state index contributed by atoms with van der Waals surface area (Å²) in [6.07, 6.45) is 4.68. The molecule has 0 spiro atoms. The molecule has 1 heterocycles. The van der Waals surface area contributed by atoms with Crippen molar-refractivity contribution in [1.29, 1.82) is 0 Å². The molecule has 0 radical (unpaired) electrons. The monoisotopic (exact) mass is 303 g/mol. The van der Waals surface area contributed by atoms with E-state index in [4.69, 9.17) is 9.47 Å². The quantitative estimate of drug-likeness (QED) is 0.496. The molecule has 5 heteroatoms. The van der Waals surface area contributed by atoms with Gasteiger partial charge in [-0.05, 0) is 51.8 Å². The van der Waals surface area contributed by atoms with E-state index >= 15 is 0 Å². The van der Waals surface area contributed by atoms with Crippen LogP contribution in [-0.2, 0) is 14.3 Å². The standard InChI is InChI=1S/C15H29NO3S/c1-4-16-15(3,14(17)18-5-2)9-7-11-20-12-13-8-6-10-19-13/h13,16H,4-12H2,1-3H3. The predicted molar refractivity (Wildman–Crippen MR) is 84.2 cm³/mol. The number of esters is 1. The first-order valence-corrected chi connectivity index (χ1v) is 8.89. The lowest BCUT2D eigenvalue weighted by molar-refractivity contribution is -0.150. The highest BCUT2D eigenvalue weighted by molar-refractivity contribution is 7.99. The molecular weight excluding hydrogens is 274 g/mol. The maximum Gasteiger partial charge on any atom is 0.326 e. The molecule has 0 amide bonds. The normalized spacial score (nSPS) is 21.6. The number of hydrogen-bond acceptors (Lipinski definition) is 5. The van der Waals surface area contributed by atoms with Crippen molar-refractivity contribution in [3.8, 4) is 0 Å². The van der Waals surface area contributed by atoms with Crippen molar-refractivity contribution in [2.45, 2.75) is 58.1 Å². The van der Waals surface area contributed by atoms with E-state index in [-0.39, 0.29) is 5.97 Å². The Morgan fingerprint density at radius 1 is 1.50 bits per heavy atom. The van der Waals surface area contributed by atoms with Crippen molar-refractivity contribution >= 4 is 17.7 Å². The van der Waals surface area contributed by atoms with E-state index < -0.39 is 5.54 Å². The lowest BCUT2D eigenvalue weighted by atomic mass is 9.96. The van der Waals surface area contributed by atoms with E-state index in [2.05, 4.69) is 5.32 Å². The largest absolute Gasteiger partial charge is 0.465 e. The Morgan fingerprint density at radius 2 is 2.30 bits per heavy atom. The molecule has 1 saturated heterocycles. The van der Waals surface area contributed by atoms with Crippen LogP contribution in [-0.4, -0.2) is 48.9 Å². The number of nitrogens with one attached hydrogen (secondary N) is 1. The van der Waals surface area contributed by atoms with Gasteiger partial charge < -0.3 is 14.8 Å². The molecule has 0 aromatic carbocycles. The lowest BCUT2D eigenvalue weighted by Gasteiger charge is -2.28. The third kappa shape index (κ3) is 6.02. The first-order valence-electron chi connectivity index (χ1n) is 7.74. The molecule has 2 unspecified atom stereocenters. The van der Waals surface area contributed by atoms with Gasteiger partial charge in [0.05, 0.1) is 12.7 Å². The first-order chi connectivity index (χ1) is 9.62. The minimum absolute atomic E-state index is 0.133. The number of ether oxygens (including phenoxy) is 2. The topological polar surface area (TPSA) is 47.6 Å². The van der Waals surface area contributed by atoms with Crippen LogP contribution in [0.4, 0.5) is 0 Å². The molecule has 2 atom stereocenters. The fourth-order valence-corrected chi connectivity index (χ4v) is 3.50. The fraction of sp³-hybridized carbons (Fsp3) is 0.933. The van der Waals surface area contributed by atoms with Gasteiger partial charge in [0, 0.05) is 12.4 Å². The summed E-state index contributed by atoms with van der Waals surface area (Å²) in [4.78, 5) is 12.0. The van der Waals surface area contributed by atoms with Gasteiger partial charge >= 0.3 is 5.97 Å². The highest BCUT2D eigenvalue weighted by Gasteiger charge is 2.33. The van der Waals surface area contributed by atoms with E-state index in [1.54, 1.807) is 0 Å². The van der Waals surface area contributed by atoms with Crippen molar-refractivity contribution in [3.63, 3.8) is 0 Å². The smallest absolute Gasteiger partial charge is 0.326 e. The van der Waals surface area contributed by atoms with Gasteiger partial charge in [-0.1, -0.05) is 6.92 Å². The number of rotatable bonds is 10. The van der Waals surface area contributed by atoms with E-state index in [9.17, 15) is 4.79 Å². The zero-order valence-corrected chi connectivity index (χ0v) is 13.9. The Morgan fingerprint density at radius 3 is 2.90 bits per heavy atom. The summed E-state index contributed by atoms with van der Waals surface area (Å²) < 4.78 is 10.8. The molecule has 1 fully saturated rings. The average Bonchev–Trinajstić information content (AvgIpc) is 2.92. The Kier molecular flexibility index (Phi) is 8.57. The van der Waals surface area contributed by atoms with Gasteiger partial charge in [0.15, 0.2) is 0 Å². The zero-order valence-electron chi connectivity index (χ0n) is 13.1. The number of carbonyl (C=O) groups excluding carboxylic acids is 1. The molecular formula is C15H29NO3S. The maximum absolute atomic E-state index is 12.0. The summed E-state index contributed by atoms with van der Waals surface area (Å²) in [7, 11) is 0. The molecule has 1 aliphatic rings. The molecule has 0 bridgehead atoms. The Labute approximate surface area is 127 Å². The Bertz CT molecular complexity index is 282. The van der Waals surface area contributed by atoms with Crippen LogP contribution in [0.2, 0.25) is 0 Å². The molecule has 0 aromatic rings. The number of hydrogen-bond donors (Lipinski definition) is 1. The summed E-state index contributed by atoms with van der Waals surface area (Å²) in [5, 5.41) is 3.27. The lowest BCUT2D eigenvalue weighted by Crippen LogP contribution is -2.50. The van der Waals surface area contributed by atoms with Crippen LogP contribution in [0.3, 0.4) is 0 Å². The van der Waals surface area contributed by atoms with Gasteiger partial charge in [0.1, 0.15) is 5.54 Å². The maximum atomic E-state index is 12.0. The van der Waals surface area contributed by atoms with Gasteiger partial charge in [-0.3, -0.25) is 4.79 Å². The molecule has 1 aliphatic heterocycles. The molecule has 0 aromatic heterocycles. The summed E-state index contributed by atoms with van der Waals surface area (Å²) >= 11 is 1.93. The molecule has 4 nitrogen and oxygen atoms in total. The van der Waals surface area contributed by atoms with Gasteiger partial charge in [0.2, 0.25) is 0 Å². The average molecular weight is 303 g/mol. The van der Waals surface area contributed by atoms with Crippen LogP contribution >= 0.6 is 11.8 Å².